The van der Waals surface area contributed by atoms with Gasteiger partial charge in [-0.3, -0.25) is 4.79 Å². The zero-order valence-corrected chi connectivity index (χ0v) is 13.2. The Labute approximate surface area is 135 Å². The lowest BCUT2D eigenvalue weighted by Gasteiger charge is -2.04. The molecule has 1 amide bonds. The molecule has 1 aromatic heterocycles. The number of nitrogens with one attached hydrogen (secondary N) is 1. The van der Waals surface area contributed by atoms with Crippen molar-refractivity contribution in [1.82, 2.24) is 10.3 Å². The summed E-state index contributed by atoms with van der Waals surface area (Å²) < 4.78 is 6.13. The van der Waals surface area contributed by atoms with Gasteiger partial charge in [0.15, 0.2) is 0 Å². The summed E-state index contributed by atoms with van der Waals surface area (Å²) in [4.78, 5) is 16.3. The smallest absolute Gasteiger partial charge is 0.263 e. The van der Waals surface area contributed by atoms with Gasteiger partial charge in [-0.25, -0.2) is 4.98 Å². The van der Waals surface area contributed by atoms with Gasteiger partial charge in [0.1, 0.15) is 16.7 Å². The molecule has 2 heterocycles. The van der Waals surface area contributed by atoms with E-state index < -0.39 is 0 Å². The minimum absolute atomic E-state index is 0.145. The van der Waals surface area contributed by atoms with Crippen molar-refractivity contribution in [2.24, 2.45) is 0 Å². The van der Waals surface area contributed by atoms with E-state index in [1.807, 2.05) is 35.7 Å². The number of nitrogens with zero attached hydrogens (tertiary/aromatic N) is 1. The van der Waals surface area contributed by atoms with Crippen LogP contribution in [0.2, 0.25) is 0 Å². The normalized spacial score (nSPS) is 16.3. The van der Waals surface area contributed by atoms with Crippen LogP contribution in [0.1, 0.15) is 11.3 Å². The fourth-order valence-electron chi connectivity index (χ4n) is 1.70. The second-order valence-electron chi connectivity index (χ2n) is 4.19. The van der Waals surface area contributed by atoms with Gasteiger partial charge in [0.05, 0.1) is 16.1 Å². The Balaban J connectivity index is 1.65. The highest BCUT2D eigenvalue weighted by Crippen LogP contribution is 2.26. The number of carbonyl (C=O) groups excluding carboxylic acids is 1. The molecule has 4 nitrogen and oxygen atoms in total. The zero-order valence-electron chi connectivity index (χ0n) is 10.7. The number of benzene rings is 1. The average molecular weight is 334 g/mol. The first kappa shape index (κ1) is 14.2. The highest BCUT2D eigenvalue weighted by molar-refractivity contribution is 8.26. The maximum absolute atomic E-state index is 11.6. The van der Waals surface area contributed by atoms with Gasteiger partial charge in [-0.15, -0.1) is 11.3 Å². The molecule has 106 valence electrons. The molecule has 1 aromatic carbocycles. The molecule has 1 N–H and O–H groups in total. The van der Waals surface area contributed by atoms with Crippen LogP contribution < -0.4 is 10.1 Å². The standard InChI is InChI=1S/C14H10N2O2S3/c17-13-12(21-14(19)16-13)5-9-1-3-11(4-2-9)18-6-10-7-20-8-15-10/h1-5,7-8H,6H2,(H,16,17,19)/b12-5-. The van der Waals surface area contributed by atoms with Crippen LogP contribution in [0.4, 0.5) is 0 Å². The first-order chi connectivity index (χ1) is 10.2. The van der Waals surface area contributed by atoms with Crippen LogP contribution in [0.15, 0.2) is 40.1 Å². The van der Waals surface area contributed by atoms with Gasteiger partial charge in [-0.05, 0) is 23.8 Å². The van der Waals surface area contributed by atoms with Crippen molar-refractivity contribution < 1.29 is 9.53 Å². The van der Waals surface area contributed by atoms with E-state index in [9.17, 15) is 4.79 Å². The summed E-state index contributed by atoms with van der Waals surface area (Å²) in [5.41, 5.74) is 3.63. The number of amides is 1. The molecule has 1 aliphatic heterocycles. The predicted octanol–water partition coefficient (Wildman–Crippen LogP) is 3.21. The average Bonchev–Trinajstić information content (AvgIpc) is 3.08. The van der Waals surface area contributed by atoms with Crippen molar-refractivity contribution in [3.05, 3.63) is 51.3 Å². The van der Waals surface area contributed by atoms with Crippen LogP contribution in [0.5, 0.6) is 5.75 Å². The largest absolute Gasteiger partial charge is 0.487 e. The highest BCUT2D eigenvalue weighted by atomic mass is 32.2. The van der Waals surface area contributed by atoms with E-state index in [4.69, 9.17) is 17.0 Å². The molecule has 3 rings (SSSR count). The van der Waals surface area contributed by atoms with Crippen LogP contribution >= 0.6 is 35.3 Å². The van der Waals surface area contributed by atoms with Gasteiger partial charge in [0, 0.05) is 5.38 Å². The van der Waals surface area contributed by atoms with Crippen molar-refractivity contribution in [1.29, 1.82) is 0 Å². The minimum Gasteiger partial charge on any atom is -0.487 e. The quantitative estimate of drug-likeness (QED) is 0.687. The first-order valence-corrected chi connectivity index (χ1v) is 8.22. The Morgan fingerprint density at radius 1 is 1.33 bits per heavy atom. The van der Waals surface area contributed by atoms with Crippen molar-refractivity contribution in [2.45, 2.75) is 6.61 Å². The molecule has 0 radical (unpaired) electrons. The van der Waals surface area contributed by atoms with E-state index in [-0.39, 0.29) is 5.91 Å². The molecule has 1 aliphatic rings. The van der Waals surface area contributed by atoms with Crippen LogP contribution in [-0.4, -0.2) is 15.2 Å². The Bertz CT molecular complexity index is 694. The minimum atomic E-state index is -0.145. The van der Waals surface area contributed by atoms with Crippen molar-refractivity contribution >= 4 is 51.6 Å². The molecule has 0 aliphatic carbocycles. The monoisotopic (exact) mass is 334 g/mol. The van der Waals surface area contributed by atoms with Gasteiger partial charge < -0.3 is 10.1 Å². The summed E-state index contributed by atoms with van der Waals surface area (Å²) in [7, 11) is 0. The predicted molar refractivity (Wildman–Crippen MR) is 89.2 cm³/mol. The molecule has 0 unspecified atom stereocenters. The molecule has 0 saturated carbocycles. The molecule has 2 aromatic rings. The summed E-state index contributed by atoms with van der Waals surface area (Å²) in [6.45, 7) is 0.455. The fraction of sp³-hybridized carbons (Fsp3) is 0.0714. The number of thioether (sulfide) groups is 1. The van der Waals surface area contributed by atoms with Crippen molar-refractivity contribution in [3.63, 3.8) is 0 Å². The third-order valence-electron chi connectivity index (χ3n) is 2.69. The second-order valence-corrected chi connectivity index (χ2v) is 6.63. The molecular formula is C14H10N2O2S3. The molecule has 0 bridgehead atoms. The van der Waals surface area contributed by atoms with Crippen LogP contribution in [0.25, 0.3) is 6.08 Å². The molecular weight excluding hydrogens is 324 g/mol. The molecule has 1 fully saturated rings. The van der Waals surface area contributed by atoms with E-state index in [0.29, 0.717) is 15.8 Å². The van der Waals surface area contributed by atoms with Gasteiger partial charge in [-0.1, -0.05) is 36.1 Å². The summed E-state index contributed by atoms with van der Waals surface area (Å²) in [5.74, 6) is 0.623. The summed E-state index contributed by atoms with van der Waals surface area (Å²) in [5, 5.41) is 4.55. The lowest BCUT2D eigenvalue weighted by atomic mass is 10.2. The first-order valence-electron chi connectivity index (χ1n) is 6.05. The number of aromatic nitrogens is 1. The van der Waals surface area contributed by atoms with E-state index >= 15 is 0 Å². The number of hydrogen-bond donors (Lipinski definition) is 1. The topological polar surface area (TPSA) is 51.2 Å². The number of thiocarbonyl (C=S) groups is 1. The number of hydrogen-bond acceptors (Lipinski definition) is 6. The molecule has 21 heavy (non-hydrogen) atoms. The van der Waals surface area contributed by atoms with Gasteiger partial charge in [0.2, 0.25) is 0 Å². The fourth-order valence-corrected chi connectivity index (χ4v) is 3.29. The highest BCUT2D eigenvalue weighted by Gasteiger charge is 2.21. The third kappa shape index (κ3) is 3.69. The van der Waals surface area contributed by atoms with Gasteiger partial charge >= 0.3 is 0 Å². The molecule has 0 atom stereocenters. The molecule has 1 saturated heterocycles. The van der Waals surface area contributed by atoms with E-state index in [0.717, 1.165) is 17.0 Å². The zero-order chi connectivity index (χ0) is 14.7. The maximum Gasteiger partial charge on any atom is 0.263 e. The lowest BCUT2D eigenvalue weighted by molar-refractivity contribution is -0.115. The summed E-state index contributed by atoms with van der Waals surface area (Å²) in [6.07, 6.45) is 1.81. The molecule has 0 spiro atoms. The van der Waals surface area contributed by atoms with E-state index in [2.05, 4.69) is 10.3 Å². The number of carbonyl (C=O) groups is 1. The Hall–Kier alpha value is -1.70. The second kappa shape index (κ2) is 6.38. The van der Waals surface area contributed by atoms with Crippen LogP contribution in [0, 0.1) is 0 Å². The Morgan fingerprint density at radius 2 is 2.14 bits per heavy atom. The van der Waals surface area contributed by atoms with Crippen molar-refractivity contribution in [3.8, 4) is 5.75 Å². The number of ether oxygens (including phenoxy) is 1. The maximum atomic E-state index is 11.6. The Kier molecular flexibility index (Phi) is 4.33. The summed E-state index contributed by atoms with van der Waals surface area (Å²) in [6, 6.07) is 7.54. The van der Waals surface area contributed by atoms with E-state index in [1.54, 1.807) is 16.8 Å². The molecule has 7 heteroatoms. The Morgan fingerprint density at radius 3 is 2.76 bits per heavy atom. The van der Waals surface area contributed by atoms with Crippen LogP contribution in [0.3, 0.4) is 0 Å². The number of rotatable bonds is 4. The van der Waals surface area contributed by atoms with Gasteiger partial charge in [-0.2, -0.15) is 0 Å². The van der Waals surface area contributed by atoms with Crippen molar-refractivity contribution in [2.75, 3.05) is 0 Å². The third-order valence-corrected chi connectivity index (χ3v) is 4.49. The van der Waals surface area contributed by atoms with Gasteiger partial charge in [0.25, 0.3) is 5.91 Å². The van der Waals surface area contributed by atoms with E-state index in [1.165, 1.54) is 11.8 Å². The summed E-state index contributed by atoms with van der Waals surface area (Å²) >= 11 is 7.77. The SMILES string of the molecule is O=C1NC(=S)S/C1=C\c1ccc(OCc2cscn2)cc1. The number of thiazole rings is 1. The lowest BCUT2D eigenvalue weighted by Crippen LogP contribution is -2.17. The van der Waals surface area contributed by atoms with Crippen LogP contribution in [-0.2, 0) is 11.4 Å².